The van der Waals surface area contributed by atoms with E-state index in [0.29, 0.717) is 0 Å². The van der Waals surface area contributed by atoms with Crippen molar-refractivity contribution in [3.05, 3.63) is 83.8 Å². The second-order valence-electron chi connectivity index (χ2n) is 5.85. The highest BCUT2D eigenvalue weighted by Crippen LogP contribution is 2.39. The van der Waals surface area contributed by atoms with Crippen LogP contribution in [0.3, 0.4) is 0 Å². The Hall–Kier alpha value is -3.00. The zero-order chi connectivity index (χ0) is 15.2. The Morgan fingerprint density at radius 2 is 1.78 bits per heavy atom. The first-order valence-corrected chi connectivity index (χ1v) is 7.74. The van der Waals surface area contributed by atoms with Crippen LogP contribution in [-0.2, 0) is 6.42 Å². The monoisotopic (exact) mass is 298 g/mol. The quantitative estimate of drug-likeness (QED) is 0.468. The summed E-state index contributed by atoms with van der Waals surface area (Å²) < 4.78 is 11.6. The molecule has 0 unspecified atom stereocenters. The lowest BCUT2D eigenvalue weighted by atomic mass is 10.0. The molecule has 2 nitrogen and oxygen atoms in total. The fourth-order valence-corrected chi connectivity index (χ4v) is 3.32. The predicted molar refractivity (Wildman–Crippen MR) is 91.9 cm³/mol. The second kappa shape index (κ2) is 4.75. The Kier molecular flexibility index (Phi) is 2.59. The topological polar surface area (TPSA) is 26.3 Å². The van der Waals surface area contributed by atoms with Gasteiger partial charge in [-0.05, 0) is 47.0 Å². The standard InChI is InChI=1S/C21H14O2/c1-2-8-20-15(5-1)13-21(23-20)17-7-3-6-14-11-16(12-18(14)17)19-9-4-10-22-19/h1-10,12-13H,11H2. The van der Waals surface area contributed by atoms with Gasteiger partial charge in [0.05, 0.1) is 6.26 Å². The summed E-state index contributed by atoms with van der Waals surface area (Å²) in [6.45, 7) is 0. The maximum Gasteiger partial charge on any atom is 0.136 e. The van der Waals surface area contributed by atoms with Gasteiger partial charge >= 0.3 is 0 Å². The molecule has 0 saturated carbocycles. The van der Waals surface area contributed by atoms with E-state index >= 15 is 0 Å². The van der Waals surface area contributed by atoms with Crippen molar-refractivity contribution in [2.45, 2.75) is 6.42 Å². The molecule has 0 radical (unpaired) electrons. The molecule has 2 aromatic carbocycles. The maximum atomic E-state index is 6.05. The number of rotatable bonds is 2. The van der Waals surface area contributed by atoms with Crippen LogP contribution in [0.2, 0.25) is 0 Å². The lowest BCUT2D eigenvalue weighted by Gasteiger charge is -2.04. The van der Waals surface area contributed by atoms with E-state index in [1.807, 2.05) is 30.3 Å². The van der Waals surface area contributed by atoms with Crippen LogP contribution in [0.1, 0.15) is 16.9 Å². The fraction of sp³-hybridized carbons (Fsp3) is 0.0476. The first-order chi connectivity index (χ1) is 11.4. The van der Waals surface area contributed by atoms with Crippen molar-refractivity contribution >= 4 is 22.6 Å². The highest BCUT2D eigenvalue weighted by molar-refractivity contribution is 5.93. The van der Waals surface area contributed by atoms with E-state index in [2.05, 4.69) is 36.4 Å². The van der Waals surface area contributed by atoms with Crippen molar-refractivity contribution in [2.24, 2.45) is 0 Å². The number of hydrogen-bond donors (Lipinski definition) is 0. The molecular formula is C21H14O2. The smallest absolute Gasteiger partial charge is 0.136 e. The molecule has 0 spiro atoms. The zero-order valence-electron chi connectivity index (χ0n) is 12.5. The van der Waals surface area contributed by atoms with Crippen LogP contribution in [0.15, 0.2) is 75.8 Å². The molecule has 0 fully saturated rings. The lowest BCUT2D eigenvalue weighted by molar-refractivity contribution is 0.552. The molecule has 0 amide bonds. The van der Waals surface area contributed by atoms with Crippen LogP contribution in [0.4, 0.5) is 0 Å². The van der Waals surface area contributed by atoms with Gasteiger partial charge in [-0.25, -0.2) is 0 Å². The molecule has 0 bridgehead atoms. The fourth-order valence-electron chi connectivity index (χ4n) is 3.32. The molecule has 0 aliphatic heterocycles. The van der Waals surface area contributed by atoms with Gasteiger partial charge in [0.25, 0.3) is 0 Å². The third-order valence-corrected chi connectivity index (χ3v) is 4.42. The van der Waals surface area contributed by atoms with Gasteiger partial charge in [0.2, 0.25) is 0 Å². The largest absolute Gasteiger partial charge is 0.465 e. The minimum absolute atomic E-state index is 0.900. The molecule has 2 heteroatoms. The summed E-state index contributed by atoms with van der Waals surface area (Å²) in [5.41, 5.74) is 5.83. The summed E-state index contributed by atoms with van der Waals surface area (Å²) in [7, 11) is 0. The molecule has 0 saturated heterocycles. The summed E-state index contributed by atoms with van der Waals surface area (Å²) in [6, 6.07) is 20.6. The van der Waals surface area contributed by atoms with Crippen molar-refractivity contribution < 1.29 is 8.83 Å². The number of para-hydroxylation sites is 1. The van der Waals surface area contributed by atoms with Gasteiger partial charge in [0.1, 0.15) is 17.1 Å². The molecule has 0 atom stereocenters. The molecule has 5 rings (SSSR count). The van der Waals surface area contributed by atoms with Gasteiger partial charge < -0.3 is 8.83 Å². The van der Waals surface area contributed by atoms with Crippen molar-refractivity contribution in [1.29, 1.82) is 0 Å². The summed E-state index contributed by atoms with van der Waals surface area (Å²) in [5.74, 6) is 1.86. The van der Waals surface area contributed by atoms with Gasteiger partial charge in [-0.2, -0.15) is 0 Å². The van der Waals surface area contributed by atoms with Crippen LogP contribution in [0.5, 0.6) is 0 Å². The maximum absolute atomic E-state index is 6.05. The van der Waals surface area contributed by atoms with Crippen molar-refractivity contribution in [1.82, 2.24) is 0 Å². The van der Waals surface area contributed by atoms with Crippen LogP contribution in [0.25, 0.3) is 33.9 Å². The average molecular weight is 298 g/mol. The van der Waals surface area contributed by atoms with E-state index in [9.17, 15) is 0 Å². The summed E-state index contributed by atoms with van der Waals surface area (Å²) in [5, 5.41) is 1.13. The Balaban J connectivity index is 1.67. The van der Waals surface area contributed by atoms with Crippen LogP contribution < -0.4 is 0 Å². The molecule has 0 N–H and O–H groups in total. The van der Waals surface area contributed by atoms with E-state index in [1.54, 1.807) is 6.26 Å². The molecule has 23 heavy (non-hydrogen) atoms. The number of furan rings is 2. The molecule has 110 valence electrons. The number of allylic oxidation sites excluding steroid dienone is 1. The van der Waals surface area contributed by atoms with Crippen molar-refractivity contribution in [3.63, 3.8) is 0 Å². The Labute approximate surface area is 133 Å². The minimum atomic E-state index is 0.900. The molecule has 2 heterocycles. The summed E-state index contributed by atoms with van der Waals surface area (Å²) in [6.07, 6.45) is 4.84. The highest BCUT2D eigenvalue weighted by atomic mass is 16.3. The number of hydrogen-bond acceptors (Lipinski definition) is 2. The van der Waals surface area contributed by atoms with E-state index in [-0.39, 0.29) is 0 Å². The first-order valence-electron chi connectivity index (χ1n) is 7.74. The molecule has 2 aromatic heterocycles. The Bertz CT molecular complexity index is 1000. The third kappa shape index (κ3) is 1.95. The van der Waals surface area contributed by atoms with Crippen molar-refractivity contribution in [2.75, 3.05) is 0 Å². The van der Waals surface area contributed by atoms with Gasteiger partial charge in [-0.3, -0.25) is 0 Å². The highest BCUT2D eigenvalue weighted by Gasteiger charge is 2.20. The van der Waals surface area contributed by atoms with Gasteiger partial charge in [0, 0.05) is 17.4 Å². The lowest BCUT2D eigenvalue weighted by Crippen LogP contribution is -1.86. The molecule has 1 aliphatic carbocycles. The van der Waals surface area contributed by atoms with E-state index in [1.165, 1.54) is 16.7 Å². The number of fused-ring (bicyclic) bond motifs is 2. The van der Waals surface area contributed by atoms with Crippen molar-refractivity contribution in [3.8, 4) is 11.3 Å². The molecular weight excluding hydrogens is 284 g/mol. The molecule has 4 aromatic rings. The van der Waals surface area contributed by atoms with E-state index in [0.717, 1.165) is 34.5 Å². The SMILES string of the molecule is C1=C(c2ccco2)Cc2cccc(-c3cc4ccccc4o3)c21. The van der Waals surface area contributed by atoms with Gasteiger partial charge in [-0.15, -0.1) is 0 Å². The van der Waals surface area contributed by atoms with E-state index in [4.69, 9.17) is 8.83 Å². The normalized spacial score (nSPS) is 13.3. The molecule has 1 aliphatic rings. The van der Waals surface area contributed by atoms with E-state index < -0.39 is 0 Å². The summed E-state index contributed by atoms with van der Waals surface area (Å²) >= 11 is 0. The predicted octanol–water partition coefficient (Wildman–Crippen LogP) is 5.79. The average Bonchev–Trinajstić information content (AvgIpc) is 3.31. The van der Waals surface area contributed by atoms with Crippen LogP contribution in [0, 0.1) is 0 Å². The van der Waals surface area contributed by atoms with Crippen LogP contribution in [-0.4, -0.2) is 0 Å². The van der Waals surface area contributed by atoms with Gasteiger partial charge in [-0.1, -0.05) is 36.4 Å². The summed E-state index contributed by atoms with van der Waals surface area (Å²) in [4.78, 5) is 0. The third-order valence-electron chi connectivity index (χ3n) is 4.42. The van der Waals surface area contributed by atoms with Crippen LogP contribution >= 0.6 is 0 Å². The number of benzene rings is 2. The zero-order valence-corrected chi connectivity index (χ0v) is 12.5. The van der Waals surface area contributed by atoms with Gasteiger partial charge in [0.15, 0.2) is 0 Å². The second-order valence-corrected chi connectivity index (χ2v) is 5.85. The first kappa shape index (κ1) is 12.5. The Morgan fingerprint density at radius 3 is 2.65 bits per heavy atom. The Morgan fingerprint density at radius 1 is 0.826 bits per heavy atom. The minimum Gasteiger partial charge on any atom is -0.465 e.